The third kappa shape index (κ3) is 2.39. The number of benzene rings is 1. The summed E-state index contributed by atoms with van der Waals surface area (Å²) in [4.78, 5) is 10.8. The van der Waals surface area contributed by atoms with Gasteiger partial charge in [0.2, 0.25) is 0 Å². The van der Waals surface area contributed by atoms with E-state index in [1.165, 1.54) is 10.9 Å². The highest BCUT2D eigenvalue weighted by Crippen LogP contribution is 2.17. The molecule has 1 aromatic carbocycles. The van der Waals surface area contributed by atoms with Crippen molar-refractivity contribution >= 4 is 17.6 Å². The highest BCUT2D eigenvalue weighted by molar-refractivity contribution is 6.32. The van der Waals surface area contributed by atoms with Gasteiger partial charge >= 0.3 is 5.97 Å². The third-order valence-electron chi connectivity index (χ3n) is 2.27. The molecule has 0 aliphatic rings. The van der Waals surface area contributed by atoms with Gasteiger partial charge in [-0.25, -0.2) is 9.48 Å². The first-order valence-electron chi connectivity index (χ1n) is 4.80. The van der Waals surface area contributed by atoms with Crippen molar-refractivity contribution in [2.45, 2.75) is 6.54 Å². The van der Waals surface area contributed by atoms with E-state index in [0.29, 0.717) is 6.54 Å². The van der Waals surface area contributed by atoms with Crippen LogP contribution in [-0.2, 0) is 6.54 Å². The summed E-state index contributed by atoms with van der Waals surface area (Å²) >= 11 is 5.87. The van der Waals surface area contributed by atoms with Crippen LogP contribution < -0.4 is 0 Å². The van der Waals surface area contributed by atoms with Crippen LogP contribution in [0.4, 0.5) is 0 Å². The number of rotatable bonds is 3. The Balaban J connectivity index is 2.24. The van der Waals surface area contributed by atoms with Gasteiger partial charge in [0, 0.05) is 0 Å². The zero-order valence-corrected chi connectivity index (χ0v) is 9.42. The van der Waals surface area contributed by atoms with Crippen LogP contribution >= 0.6 is 11.6 Å². The van der Waals surface area contributed by atoms with Crippen LogP contribution in [0.15, 0.2) is 30.5 Å². The second-order valence-electron chi connectivity index (χ2n) is 3.48. The Bertz CT molecular complexity index is 548. The number of aromatic carboxylic acids is 1. The minimum atomic E-state index is -1.10. The molecule has 0 fully saturated rings. The number of carboxylic acids is 1. The fraction of sp³-hybridized carbons (Fsp3) is 0.0909. The number of nitrogens with zero attached hydrogens (tertiary/aromatic N) is 2. The third-order valence-corrected chi connectivity index (χ3v) is 2.67. The monoisotopic (exact) mass is 252 g/mol. The molecule has 1 aromatic heterocycles. The molecule has 0 aliphatic carbocycles. The molecular weight excluding hydrogens is 244 g/mol. The van der Waals surface area contributed by atoms with Crippen LogP contribution in [0.1, 0.15) is 15.9 Å². The summed E-state index contributed by atoms with van der Waals surface area (Å²) in [6.07, 6.45) is 1.21. The number of phenolic OH excluding ortho intramolecular Hbond substituents is 1. The van der Waals surface area contributed by atoms with E-state index in [4.69, 9.17) is 21.8 Å². The van der Waals surface area contributed by atoms with Crippen molar-refractivity contribution in [3.05, 3.63) is 46.7 Å². The fourth-order valence-corrected chi connectivity index (χ4v) is 1.63. The maximum Gasteiger partial charge on any atom is 0.340 e. The smallest absolute Gasteiger partial charge is 0.340 e. The van der Waals surface area contributed by atoms with Gasteiger partial charge in [0.15, 0.2) is 0 Å². The lowest BCUT2D eigenvalue weighted by Gasteiger charge is -2.03. The average Bonchev–Trinajstić information content (AvgIpc) is 2.64. The van der Waals surface area contributed by atoms with E-state index in [-0.39, 0.29) is 16.5 Å². The van der Waals surface area contributed by atoms with Crippen molar-refractivity contribution in [1.29, 1.82) is 0 Å². The number of phenols is 1. The largest absolute Gasteiger partial charge is 0.508 e. The standard InChI is InChI=1S/C11H9ClN2O3/c12-10-9(11(16)17)5-13-14(10)6-7-1-3-8(15)4-2-7/h1-5,15H,6H2,(H,16,17). The molecule has 1 heterocycles. The van der Waals surface area contributed by atoms with Crippen LogP contribution in [0.2, 0.25) is 5.15 Å². The summed E-state index contributed by atoms with van der Waals surface area (Å²) in [5.74, 6) is -0.932. The maximum absolute atomic E-state index is 10.8. The molecule has 17 heavy (non-hydrogen) atoms. The normalized spacial score (nSPS) is 10.4. The number of hydrogen-bond acceptors (Lipinski definition) is 3. The lowest BCUT2D eigenvalue weighted by Crippen LogP contribution is -2.02. The molecule has 0 unspecified atom stereocenters. The van der Waals surface area contributed by atoms with Crippen molar-refractivity contribution in [2.75, 3.05) is 0 Å². The Hall–Kier alpha value is -2.01. The van der Waals surface area contributed by atoms with Crippen LogP contribution in [0, 0.1) is 0 Å². The van der Waals surface area contributed by atoms with Crippen molar-refractivity contribution in [3.63, 3.8) is 0 Å². The molecule has 0 aliphatic heterocycles. The highest BCUT2D eigenvalue weighted by Gasteiger charge is 2.14. The Morgan fingerprint density at radius 3 is 2.53 bits per heavy atom. The van der Waals surface area contributed by atoms with E-state index in [1.807, 2.05) is 0 Å². The van der Waals surface area contributed by atoms with E-state index in [1.54, 1.807) is 24.3 Å². The predicted octanol–water partition coefficient (Wildman–Crippen LogP) is 1.99. The molecule has 2 aromatic rings. The van der Waals surface area contributed by atoms with Crippen LogP contribution in [0.5, 0.6) is 5.75 Å². The van der Waals surface area contributed by atoms with Crippen LogP contribution in [0.3, 0.4) is 0 Å². The maximum atomic E-state index is 10.8. The van der Waals surface area contributed by atoms with Crippen molar-refractivity contribution in [1.82, 2.24) is 9.78 Å². The van der Waals surface area contributed by atoms with Gasteiger partial charge in [-0.1, -0.05) is 23.7 Å². The minimum absolute atomic E-state index is 0.0227. The zero-order chi connectivity index (χ0) is 12.4. The number of halogens is 1. The van der Waals surface area contributed by atoms with Gasteiger partial charge in [0.05, 0.1) is 12.7 Å². The Morgan fingerprint density at radius 1 is 1.35 bits per heavy atom. The van der Waals surface area contributed by atoms with Crippen molar-refractivity contribution < 1.29 is 15.0 Å². The molecule has 0 saturated heterocycles. The summed E-state index contributed by atoms with van der Waals surface area (Å²) in [6, 6.07) is 6.53. The first kappa shape index (κ1) is 11.5. The molecule has 0 amide bonds. The molecule has 2 N–H and O–H groups in total. The summed E-state index contributed by atoms with van der Waals surface area (Å²) in [7, 11) is 0. The SMILES string of the molecule is O=C(O)c1cnn(Cc2ccc(O)cc2)c1Cl. The number of carbonyl (C=O) groups is 1. The zero-order valence-electron chi connectivity index (χ0n) is 8.67. The van der Waals surface area contributed by atoms with Gasteiger partial charge in [0.25, 0.3) is 0 Å². The molecule has 2 rings (SSSR count). The van der Waals surface area contributed by atoms with E-state index >= 15 is 0 Å². The second kappa shape index (κ2) is 4.47. The lowest BCUT2D eigenvalue weighted by molar-refractivity contribution is 0.0697. The quantitative estimate of drug-likeness (QED) is 0.876. The number of aromatic nitrogens is 2. The lowest BCUT2D eigenvalue weighted by atomic mass is 10.2. The van der Waals surface area contributed by atoms with E-state index < -0.39 is 5.97 Å². The molecule has 0 atom stereocenters. The van der Waals surface area contributed by atoms with Gasteiger partial charge in [-0.05, 0) is 17.7 Å². The Kier molecular flexibility index (Phi) is 3.01. The number of aromatic hydroxyl groups is 1. The molecule has 6 heteroatoms. The minimum Gasteiger partial charge on any atom is -0.508 e. The summed E-state index contributed by atoms with van der Waals surface area (Å²) in [6.45, 7) is 0.354. The molecule has 0 radical (unpaired) electrons. The molecule has 5 nitrogen and oxygen atoms in total. The van der Waals surface area contributed by atoms with E-state index in [2.05, 4.69) is 5.10 Å². The van der Waals surface area contributed by atoms with Gasteiger partial charge in [-0.2, -0.15) is 5.10 Å². The van der Waals surface area contributed by atoms with E-state index in [9.17, 15) is 4.79 Å². The van der Waals surface area contributed by atoms with Gasteiger partial charge in [-0.3, -0.25) is 0 Å². The fourth-order valence-electron chi connectivity index (χ4n) is 1.40. The topological polar surface area (TPSA) is 75.3 Å². The van der Waals surface area contributed by atoms with E-state index in [0.717, 1.165) is 5.56 Å². The second-order valence-corrected chi connectivity index (χ2v) is 3.84. The molecule has 0 saturated carbocycles. The number of hydrogen-bond donors (Lipinski definition) is 2. The first-order chi connectivity index (χ1) is 8.08. The Labute approximate surface area is 102 Å². The van der Waals surface area contributed by atoms with Crippen LogP contribution in [-0.4, -0.2) is 26.0 Å². The van der Waals surface area contributed by atoms with Crippen molar-refractivity contribution in [3.8, 4) is 5.75 Å². The molecular formula is C11H9ClN2O3. The van der Waals surface area contributed by atoms with Gasteiger partial charge in [-0.15, -0.1) is 0 Å². The van der Waals surface area contributed by atoms with Gasteiger partial charge < -0.3 is 10.2 Å². The first-order valence-corrected chi connectivity index (χ1v) is 5.18. The molecule has 0 bridgehead atoms. The number of carboxylic acid groups (broad SMARTS) is 1. The average molecular weight is 253 g/mol. The van der Waals surface area contributed by atoms with Crippen molar-refractivity contribution in [2.24, 2.45) is 0 Å². The molecule has 88 valence electrons. The Morgan fingerprint density at radius 2 is 2.00 bits per heavy atom. The predicted molar refractivity (Wildman–Crippen MR) is 61.4 cm³/mol. The summed E-state index contributed by atoms with van der Waals surface area (Å²) in [5, 5.41) is 21.9. The molecule has 0 spiro atoms. The van der Waals surface area contributed by atoms with Crippen LogP contribution in [0.25, 0.3) is 0 Å². The van der Waals surface area contributed by atoms with Gasteiger partial charge in [0.1, 0.15) is 16.5 Å². The highest BCUT2D eigenvalue weighted by atomic mass is 35.5. The summed E-state index contributed by atoms with van der Waals surface area (Å²) < 4.78 is 1.39. The summed E-state index contributed by atoms with van der Waals surface area (Å²) in [5.41, 5.74) is 0.843.